The van der Waals surface area contributed by atoms with Crippen molar-refractivity contribution < 1.29 is 9.21 Å². The van der Waals surface area contributed by atoms with Crippen LogP contribution in [0.3, 0.4) is 0 Å². The van der Waals surface area contributed by atoms with Gasteiger partial charge >= 0.3 is 5.63 Å². The Morgan fingerprint density at radius 1 is 1.08 bits per heavy atom. The highest BCUT2D eigenvalue weighted by molar-refractivity contribution is 9.10. The summed E-state index contributed by atoms with van der Waals surface area (Å²) in [5.41, 5.74) is 0.329. The van der Waals surface area contributed by atoms with Crippen molar-refractivity contribution in [2.45, 2.75) is 0 Å². The van der Waals surface area contributed by atoms with Crippen molar-refractivity contribution in [3.63, 3.8) is 0 Å². The minimum atomic E-state index is -0.679. The number of hydrogen-bond donors (Lipinski definition) is 0. The molecule has 0 radical (unpaired) electrons. The maximum atomic E-state index is 12.3. The van der Waals surface area contributed by atoms with Gasteiger partial charge in [-0.15, -0.1) is 0 Å². The molecule has 1 heterocycles. The van der Waals surface area contributed by atoms with Gasteiger partial charge in [-0.2, -0.15) is 0 Å². The van der Waals surface area contributed by atoms with E-state index in [4.69, 9.17) is 27.6 Å². The van der Waals surface area contributed by atoms with Gasteiger partial charge in [0, 0.05) is 19.9 Å². The Morgan fingerprint density at radius 3 is 2.62 bits per heavy atom. The lowest BCUT2D eigenvalue weighted by atomic mass is 10.1. The van der Waals surface area contributed by atoms with E-state index in [1.807, 2.05) is 0 Å². The minimum absolute atomic E-state index is 0.0399. The highest BCUT2D eigenvalue weighted by Crippen LogP contribution is 2.23. The molecule has 0 bridgehead atoms. The van der Waals surface area contributed by atoms with Gasteiger partial charge in [0.25, 0.3) is 0 Å². The summed E-state index contributed by atoms with van der Waals surface area (Å²) in [4.78, 5) is 24.3. The molecule has 3 rings (SSSR count). The molecule has 0 aliphatic heterocycles. The van der Waals surface area contributed by atoms with Crippen molar-refractivity contribution in [2.75, 3.05) is 0 Å². The second kappa shape index (κ2) is 6.93. The van der Waals surface area contributed by atoms with E-state index in [-0.39, 0.29) is 5.56 Å². The van der Waals surface area contributed by atoms with Gasteiger partial charge in [-0.3, -0.25) is 4.79 Å². The summed E-state index contributed by atoms with van der Waals surface area (Å²) in [6, 6.07) is 11.6. The zero-order valence-corrected chi connectivity index (χ0v) is 15.2. The van der Waals surface area contributed by atoms with Gasteiger partial charge in [0.2, 0.25) is 0 Å². The second-order valence-corrected chi connectivity index (χ2v) is 6.75. The van der Waals surface area contributed by atoms with E-state index in [1.165, 1.54) is 18.2 Å². The number of carbonyl (C=O) groups is 1. The SMILES string of the molecule is O=C(C=Cc1ccc(Cl)cc1Cl)c1cc2cc(Br)ccc2oc1=O. The first-order valence-electron chi connectivity index (χ1n) is 6.85. The topological polar surface area (TPSA) is 47.3 Å². The van der Waals surface area contributed by atoms with Crippen molar-refractivity contribution in [3.05, 3.63) is 84.6 Å². The quantitative estimate of drug-likeness (QED) is 0.305. The minimum Gasteiger partial charge on any atom is -0.422 e. The number of fused-ring (bicyclic) bond motifs is 1. The Bertz CT molecular complexity index is 1040. The van der Waals surface area contributed by atoms with E-state index in [2.05, 4.69) is 15.9 Å². The summed E-state index contributed by atoms with van der Waals surface area (Å²) < 4.78 is 6.01. The standard InChI is InChI=1S/C18H9BrCl2O3/c19-12-3-6-17-11(7-12)8-14(18(23)24-17)16(22)5-2-10-1-4-13(20)9-15(10)21/h1-9H. The highest BCUT2D eigenvalue weighted by Gasteiger charge is 2.11. The van der Waals surface area contributed by atoms with Gasteiger partial charge in [0.15, 0.2) is 5.78 Å². The molecule has 6 heteroatoms. The summed E-state index contributed by atoms with van der Waals surface area (Å²) in [5, 5.41) is 1.58. The Hall–Kier alpha value is -1.88. The molecule has 1 aromatic heterocycles. The molecule has 3 aromatic rings. The summed E-state index contributed by atoms with van der Waals surface area (Å²) in [5.74, 6) is -0.461. The van der Waals surface area contributed by atoms with Gasteiger partial charge in [-0.1, -0.05) is 45.2 Å². The molecule has 24 heavy (non-hydrogen) atoms. The number of halogens is 3. The molecule has 120 valence electrons. The maximum Gasteiger partial charge on any atom is 0.347 e. The smallest absolute Gasteiger partial charge is 0.347 e. The van der Waals surface area contributed by atoms with E-state index in [0.29, 0.717) is 26.6 Å². The summed E-state index contributed by atoms with van der Waals surface area (Å²) in [6.45, 7) is 0. The van der Waals surface area contributed by atoms with Crippen LogP contribution in [0.5, 0.6) is 0 Å². The van der Waals surface area contributed by atoms with Crippen LogP contribution < -0.4 is 5.63 Å². The van der Waals surface area contributed by atoms with Crippen LogP contribution in [-0.4, -0.2) is 5.78 Å². The van der Waals surface area contributed by atoms with Crippen molar-refractivity contribution >= 4 is 62.0 Å². The normalized spacial score (nSPS) is 11.3. The van der Waals surface area contributed by atoms with Crippen LogP contribution in [0.1, 0.15) is 15.9 Å². The Balaban J connectivity index is 1.97. The number of benzene rings is 2. The Kier molecular flexibility index (Phi) is 4.90. The molecule has 0 aliphatic carbocycles. The third-order valence-electron chi connectivity index (χ3n) is 3.34. The molecular formula is C18H9BrCl2O3. The van der Waals surface area contributed by atoms with Crippen LogP contribution in [0.15, 0.2) is 62.2 Å². The van der Waals surface area contributed by atoms with Gasteiger partial charge in [-0.25, -0.2) is 4.79 Å². The fourth-order valence-corrected chi connectivity index (χ4v) is 3.01. The van der Waals surface area contributed by atoms with Crippen LogP contribution in [0, 0.1) is 0 Å². The van der Waals surface area contributed by atoms with E-state index in [0.717, 1.165) is 4.47 Å². The van der Waals surface area contributed by atoms with Crippen LogP contribution in [0.2, 0.25) is 10.0 Å². The number of allylic oxidation sites excluding steroid dienone is 1. The molecule has 0 unspecified atom stereocenters. The summed E-state index contributed by atoms with van der Waals surface area (Å²) >= 11 is 15.2. The average Bonchev–Trinajstić information content (AvgIpc) is 2.53. The van der Waals surface area contributed by atoms with E-state index in [9.17, 15) is 9.59 Å². The molecule has 0 saturated carbocycles. The molecule has 2 aromatic carbocycles. The third kappa shape index (κ3) is 3.61. The monoisotopic (exact) mass is 422 g/mol. The van der Waals surface area contributed by atoms with Crippen LogP contribution in [0.4, 0.5) is 0 Å². The summed E-state index contributed by atoms with van der Waals surface area (Å²) in [6.07, 6.45) is 2.82. The van der Waals surface area contributed by atoms with Gasteiger partial charge in [-0.05, 0) is 54.1 Å². The average molecular weight is 424 g/mol. The highest BCUT2D eigenvalue weighted by atomic mass is 79.9. The first-order chi connectivity index (χ1) is 11.4. The molecule has 0 saturated heterocycles. The van der Waals surface area contributed by atoms with E-state index in [1.54, 1.807) is 36.4 Å². The summed E-state index contributed by atoms with van der Waals surface area (Å²) in [7, 11) is 0. The number of carbonyl (C=O) groups excluding carboxylic acids is 1. The zero-order chi connectivity index (χ0) is 17.3. The van der Waals surface area contributed by atoms with Crippen molar-refractivity contribution in [2.24, 2.45) is 0 Å². The van der Waals surface area contributed by atoms with Crippen LogP contribution >= 0.6 is 39.1 Å². The molecule has 0 N–H and O–H groups in total. The fourth-order valence-electron chi connectivity index (χ4n) is 2.16. The van der Waals surface area contributed by atoms with Crippen molar-refractivity contribution in [3.8, 4) is 0 Å². The predicted octanol–water partition coefficient (Wildman–Crippen LogP) is 5.76. The fraction of sp³-hybridized carbons (Fsp3) is 0. The molecule has 0 spiro atoms. The number of rotatable bonds is 3. The molecular weight excluding hydrogens is 415 g/mol. The van der Waals surface area contributed by atoms with E-state index < -0.39 is 11.4 Å². The van der Waals surface area contributed by atoms with E-state index >= 15 is 0 Å². The van der Waals surface area contributed by atoms with Gasteiger partial charge < -0.3 is 4.42 Å². The van der Waals surface area contributed by atoms with Crippen molar-refractivity contribution in [1.82, 2.24) is 0 Å². The first-order valence-corrected chi connectivity index (χ1v) is 8.40. The first kappa shape index (κ1) is 17.0. The lowest BCUT2D eigenvalue weighted by molar-refractivity contribution is 0.104. The zero-order valence-electron chi connectivity index (χ0n) is 12.1. The molecule has 0 amide bonds. The molecule has 0 fully saturated rings. The largest absolute Gasteiger partial charge is 0.422 e. The van der Waals surface area contributed by atoms with Crippen LogP contribution in [-0.2, 0) is 0 Å². The lowest BCUT2D eigenvalue weighted by Crippen LogP contribution is -2.11. The number of hydrogen-bond acceptors (Lipinski definition) is 3. The van der Waals surface area contributed by atoms with Crippen LogP contribution in [0.25, 0.3) is 17.0 Å². The van der Waals surface area contributed by atoms with Crippen molar-refractivity contribution in [1.29, 1.82) is 0 Å². The molecule has 3 nitrogen and oxygen atoms in total. The lowest BCUT2D eigenvalue weighted by Gasteiger charge is -2.01. The Labute approximate surface area is 155 Å². The van der Waals surface area contributed by atoms with Gasteiger partial charge in [0.1, 0.15) is 11.1 Å². The maximum absolute atomic E-state index is 12.3. The number of ketones is 1. The molecule has 0 aliphatic rings. The second-order valence-electron chi connectivity index (χ2n) is 4.99. The Morgan fingerprint density at radius 2 is 1.88 bits per heavy atom. The third-order valence-corrected chi connectivity index (χ3v) is 4.39. The van der Waals surface area contributed by atoms with Gasteiger partial charge in [0.05, 0.1) is 0 Å². The predicted molar refractivity (Wildman–Crippen MR) is 100 cm³/mol. The molecule has 0 atom stereocenters.